The molecule has 6 nitrogen and oxygen atoms in total. The minimum absolute atomic E-state index is 0.233. The summed E-state index contributed by atoms with van der Waals surface area (Å²) in [5.74, 6) is 1.31. The van der Waals surface area contributed by atoms with E-state index in [-0.39, 0.29) is 5.69 Å². The van der Waals surface area contributed by atoms with Crippen LogP contribution in [0.25, 0.3) is 11.2 Å². The van der Waals surface area contributed by atoms with E-state index in [0.29, 0.717) is 40.8 Å². The molecular weight excluding hydrogens is 374 g/mol. The summed E-state index contributed by atoms with van der Waals surface area (Å²) in [7, 11) is 1.59. The molecule has 0 aliphatic rings. The molecule has 0 spiro atoms. The van der Waals surface area contributed by atoms with Gasteiger partial charge in [0.05, 0.1) is 30.8 Å². The molecule has 2 aromatic heterocycles. The molecular formula is C18H22ClN3O3S. The zero-order valence-electron chi connectivity index (χ0n) is 15.2. The molecule has 1 N–H and O–H groups in total. The van der Waals surface area contributed by atoms with Crippen molar-refractivity contribution in [2.75, 3.05) is 26.2 Å². The van der Waals surface area contributed by atoms with Gasteiger partial charge in [-0.15, -0.1) is 0 Å². The highest BCUT2D eigenvalue weighted by Crippen LogP contribution is 2.28. The summed E-state index contributed by atoms with van der Waals surface area (Å²) >= 11 is 7.66. The number of H-pyrrole nitrogens is 1. The molecule has 0 unspecified atom stereocenters. The van der Waals surface area contributed by atoms with Crippen molar-refractivity contribution in [1.29, 1.82) is 0 Å². The van der Waals surface area contributed by atoms with Gasteiger partial charge in [-0.3, -0.25) is 4.57 Å². The summed E-state index contributed by atoms with van der Waals surface area (Å²) in [4.78, 5) is 19.1. The van der Waals surface area contributed by atoms with Gasteiger partial charge in [0.2, 0.25) is 0 Å². The summed E-state index contributed by atoms with van der Waals surface area (Å²) in [5, 5.41) is 0.481. The molecule has 1 aromatic carbocycles. The number of hydrogen-bond donors (Lipinski definition) is 1. The van der Waals surface area contributed by atoms with Crippen LogP contribution in [0, 0.1) is 0 Å². The third-order valence-corrected chi connectivity index (χ3v) is 3.65. The molecule has 0 amide bonds. The number of aromatic amines is 1. The van der Waals surface area contributed by atoms with E-state index in [2.05, 4.69) is 9.97 Å². The van der Waals surface area contributed by atoms with Crippen LogP contribution in [-0.2, 0) is 6.54 Å². The van der Waals surface area contributed by atoms with Crippen molar-refractivity contribution in [1.82, 2.24) is 14.5 Å². The van der Waals surface area contributed by atoms with E-state index in [1.807, 2.05) is 37.6 Å². The van der Waals surface area contributed by atoms with Crippen LogP contribution in [-0.4, -0.2) is 40.8 Å². The van der Waals surface area contributed by atoms with Gasteiger partial charge < -0.3 is 14.5 Å². The lowest BCUT2D eigenvalue weighted by Gasteiger charge is -2.11. The van der Waals surface area contributed by atoms with E-state index < -0.39 is 0 Å². The number of ether oxygens (including phenoxy) is 2. The fraction of sp³-hybridized carbons (Fsp3) is 0.333. The minimum atomic E-state index is -0.233. The molecule has 0 fully saturated rings. The summed E-state index contributed by atoms with van der Waals surface area (Å²) in [6.07, 6.45) is 5.60. The van der Waals surface area contributed by atoms with Gasteiger partial charge in [0.15, 0.2) is 17.1 Å². The van der Waals surface area contributed by atoms with Gasteiger partial charge >= 0.3 is 5.69 Å². The first-order valence-corrected chi connectivity index (χ1v) is 9.99. The van der Waals surface area contributed by atoms with Crippen LogP contribution >= 0.6 is 23.4 Å². The number of rotatable bonds is 5. The number of nitrogens with one attached hydrogen (secondary N) is 1. The van der Waals surface area contributed by atoms with Crippen molar-refractivity contribution in [3.05, 3.63) is 51.5 Å². The largest absolute Gasteiger partial charge is 0.493 e. The molecule has 0 aliphatic carbocycles. The lowest BCUT2D eigenvalue weighted by Crippen LogP contribution is -2.17. The van der Waals surface area contributed by atoms with Gasteiger partial charge in [-0.25, -0.2) is 9.78 Å². The predicted octanol–water partition coefficient (Wildman–Crippen LogP) is 3.81. The Balaban J connectivity index is 0.000000758. The van der Waals surface area contributed by atoms with Gasteiger partial charge in [-0.2, -0.15) is 11.8 Å². The van der Waals surface area contributed by atoms with E-state index in [1.54, 1.807) is 29.5 Å². The number of benzene rings is 1. The van der Waals surface area contributed by atoms with E-state index in [0.717, 1.165) is 5.56 Å². The molecule has 0 bridgehead atoms. The summed E-state index contributed by atoms with van der Waals surface area (Å²) in [5.41, 5.74) is 1.85. The van der Waals surface area contributed by atoms with Crippen molar-refractivity contribution in [3.8, 4) is 11.5 Å². The van der Waals surface area contributed by atoms with Crippen molar-refractivity contribution in [2.24, 2.45) is 0 Å². The number of methoxy groups -OCH3 is 1. The van der Waals surface area contributed by atoms with E-state index in [9.17, 15) is 4.79 Å². The first-order valence-electron chi connectivity index (χ1n) is 7.97. The molecule has 26 heavy (non-hydrogen) atoms. The Morgan fingerprint density at radius 2 is 2.00 bits per heavy atom. The number of nitrogens with zero attached hydrogens (tertiary/aromatic N) is 2. The maximum absolute atomic E-state index is 12.2. The maximum atomic E-state index is 12.2. The number of halogens is 1. The van der Waals surface area contributed by atoms with Gasteiger partial charge in [0.1, 0.15) is 0 Å². The topological polar surface area (TPSA) is 69.1 Å². The van der Waals surface area contributed by atoms with Crippen LogP contribution in [0.2, 0.25) is 5.02 Å². The second-order valence-corrected chi connectivity index (χ2v) is 6.62. The van der Waals surface area contributed by atoms with Gasteiger partial charge in [-0.1, -0.05) is 17.7 Å². The zero-order valence-corrected chi connectivity index (χ0v) is 16.8. The maximum Gasteiger partial charge on any atom is 0.327 e. The number of aromatic nitrogens is 3. The van der Waals surface area contributed by atoms with Crippen molar-refractivity contribution >= 4 is 34.5 Å². The lowest BCUT2D eigenvalue weighted by molar-refractivity contribution is 0.310. The molecule has 0 aliphatic heterocycles. The van der Waals surface area contributed by atoms with Crippen LogP contribution in [0.4, 0.5) is 0 Å². The Morgan fingerprint density at radius 1 is 1.27 bits per heavy atom. The number of imidazole rings is 1. The zero-order chi connectivity index (χ0) is 19.1. The predicted molar refractivity (Wildman–Crippen MR) is 108 cm³/mol. The standard InChI is InChI=1S/C16H16ClN3O3.C2H6S/c1-3-23-14-6-10(4-5-13(14)22-2)9-20-15-12(19-16(20)21)7-11(17)8-18-15;1-3-2/h4-8H,3,9H2,1-2H3,(H,19,21);1-2H3. The Labute approximate surface area is 161 Å². The monoisotopic (exact) mass is 395 g/mol. The highest BCUT2D eigenvalue weighted by molar-refractivity contribution is 7.97. The summed E-state index contributed by atoms with van der Waals surface area (Å²) in [6, 6.07) is 7.26. The number of fused-ring (bicyclic) bond motifs is 1. The van der Waals surface area contributed by atoms with E-state index in [1.165, 1.54) is 6.20 Å². The Hall–Kier alpha value is -2.12. The van der Waals surface area contributed by atoms with Crippen molar-refractivity contribution < 1.29 is 9.47 Å². The third-order valence-electron chi connectivity index (χ3n) is 3.44. The second kappa shape index (κ2) is 9.54. The Morgan fingerprint density at radius 3 is 2.65 bits per heavy atom. The number of thioether (sulfide) groups is 1. The van der Waals surface area contributed by atoms with Crippen molar-refractivity contribution in [3.63, 3.8) is 0 Å². The average Bonchev–Trinajstić information content (AvgIpc) is 2.91. The van der Waals surface area contributed by atoms with Crippen LogP contribution < -0.4 is 15.2 Å². The van der Waals surface area contributed by atoms with Crippen LogP contribution in [0.5, 0.6) is 11.5 Å². The van der Waals surface area contributed by atoms with E-state index in [4.69, 9.17) is 21.1 Å². The fourth-order valence-electron chi connectivity index (χ4n) is 2.44. The lowest BCUT2D eigenvalue weighted by atomic mass is 10.2. The quantitative estimate of drug-likeness (QED) is 0.711. The molecule has 8 heteroatoms. The minimum Gasteiger partial charge on any atom is -0.493 e. The van der Waals surface area contributed by atoms with Gasteiger partial charge in [0.25, 0.3) is 0 Å². The first-order chi connectivity index (χ1) is 12.5. The third kappa shape index (κ3) is 4.74. The molecule has 140 valence electrons. The van der Waals surface area contributed by atoms with Crippen molar-refractivity contribution in [2.45, 2.75) is 13.5 Å². The van der Waals surface area contributed by atoms with Gasteiger partial charge in [-0.05, 0) is 43.2 Å². The Kier molecular flexibility index (Phi) is 7.41. The average molecular weight is 396 g/mol. The van der Waals surface area contributed by atoms with Gasteiger partial charge in [0, 0.05) is 6.20 Å². The second-order valence-electron chi connectivity index (χ2n) is 5.37. The molecule has 0 saturated carbocycles. The molecule has 3 aromatic rings. The Bertz CT molecular complexity index is 924. The smallest absolute Gasteiger partial charge is 0.327 e. The normalized spacial score (nSPS) is 10.3. The van der Waals surface area contributed by atoms with Crippen LogP contribution in [0.1, 0.15) is 12.5 Å². The molecule has 0 atom stereocenters. The molecule has 0 saturated heterocycles. The molecule has 3 rings (SSSR count). The first kappa shape index (κ1) is 20.2. The SMILES string of the molecule is CCOc1cc(Cn2c(=O)[nH]c3cc(Cl)cnc32)ccc1OC.CSC. The van der Waals surface area contributed by atoms with Crippen LogP contribution in [0.3, 0.4) is 0 Å². The molecule has 0 radical (unpaired) electrons. The molecule has 2 heterocycles. The highest BCUT2D eigenvalue weighted by atomic mass is 35.5. The summed E-state index contributed by atoms with van der Waals surface area (Å²) < 4.78 is 12.4. The highest BCUT2D eigenvalue weighted by Gasteiger charge is 2.11. The van der Waals surface area contributed by atoms with Crippen LogP contribution in [0.15, 0.2) is 35.3 Å². The number of hydrogen-bond acceptors (Lipinski definition) is 5. The fourth-order valence-corrected chi connectivity index (χ4v) is 2.59. The summed E-state index contributed by atoms with van der Waals surface area (Å²) in [6.45, 7) is 2.81. The van der Waals surface area contributed by atoms with E-state index >= 15 is 0 Å². The number of pyridine rings is 1.